The molecule has 2 rings (SSSR count). The average Bonchev–Trinajstić information content (AvgIpc) is 2.62. The van der Waals surface area contributed by atoms with Gasteiger partial charge >= 0.3 is 0 Å². The van der Waals surface area contributed by atoms with Crippen molar-refractivity contribution in [2.75, 3.05) is 17.2 Å². The van der Waals surface area contributed by atoms with Crippen LogP contribution in [0, 0.1) is 0 Å². The van der Waals surface area contributed by atoms with Crippen LogP contribution >= 0.6 is 0 Å². The standard InChI is InChI=1S/C14H22N2O/c1-10(2)17-14-8-12(15)7-13(9-14)16-6-4-5-11(16)3/h7-11H,4-6,15H2,1-3H3. The van der Waals surface area contributed by atoms with Crippen LogP contribution in [0.3, 0.4) is 0 Å². The summed E-state index contributed by atoms with van der Waals surface area (Å²) in [6, 6.07) is 6.63. The molecule has 0 aliphatic carbocycles. The number of hydrogen-bond acceptors (Lipinski definition) is 3. The fourth-order valence-electron chi connectivity index (χ4n) is 2.43. The zero-order valence-corrected chi connectivity index (χ0v) is 10.9. The Bertz CT molecular complexity index is 390. The van der Waals surface area contributed by atoms with Crippen molar-refractivity contribution >= 4 is 11.4 Å². The second-order valence-electron chi connectivity index (χ2n) is 5.11. The molecule has 1 aliphatic rings. The van der Waals surface area contributed by atoms with E-state index in [1.807, 2.05) is 26.0 Å². The molecule has 1 saturated heterocycles. The van der Waals surface area contributed by atoms with E-state index in [0.29, 0.717) is 6.04 Å². The number of nitrogen functional groups attached to an aromatic ring is 1. The van der Waals surface area contributed by atoms with Gasteiger partial charge in [0.25, 0.3) is 0 Å². The van der Waals surface area contributed by atoms with Crippen LogP contribution in [-0.4, -0.2) is 18.7 Å². The van der Waals surface area contributed by atoms with Gasteiger partial charge in [-0.2, -0.15) is 0 Å². The minimum atomic E-state index is 0.181. The lowest BCUT2D eigenvalue weighted by molar-refractivity contribution is 0.242. The van der Waals surface area contributed by atoms with E-state index in [2.05, 4.69) is 17.9 Å². The first-order chi connectivity index (χ1) is 8.06. The predicted molar refractivity (Wildman–Crippen MR) is 72.7 cm³/mol. The number of hydrogen-bond donors (Lipinski definition) is 1. The van der Waals surface area contributed by atoms with Gasteiger partial charge in [0, 0.05) is 36.1 Å². The highest BCUT2D eigenvalue weighted by Crippen LogP contribution is 2.31. The molecule has 0 amide bonds. The summed E-state index contributed by atoms with van der Waals surface area (Å²) in [7, 11) is 0. The highest BCUT2D eigenvalue weighted by atomic mass is 16.5. The van der Waals surface area contributed by atoms with Crippen molar-refractivity contribution in [3.63, 3.8) is 0 Å². The zero-order chi connectivity index (χ0) is 12.4. The summed E-state index contributed by atoms with van der Waals surface area (Å²) >= 11 is 0. The molecule has 1 aromatic rings. The van der Waals surface area contributed by atoms with Gasteiger partial charge in [0.15, 0.2) is 0 Å². The van der Waals surface area contributed by atoms with E-state index in [4.69, 9.17) is 10.5 Å². The Kier molecular flexibility index (Phi) is 3.46. The number of nitrogens with zero attached hydrogens (tertiary/aromatic N) is 1. The molecule has 94 valence electrons. The van der Waals surface area contributed by atoms with Crippen LogP contribution < -0.4 is 15.4 Å². The van der Waals surface area contributed by atoms with Gasteiger partial charge in [0.1, 0.15) is 5.75 Å². The van der Waals surface area contributed by atoms with Crippen molar-refractivity contribution in [2.45, 2.75) is 45.8 Å². The molecule has 1 atom stereocenters. The van der Waals surface area contributed by atoms with Crippen molar-refractivity contribution in [3.05, 3.63) is 18.2 Å². The molecule has 1 aliphatic heterocycles. The van der Waals surface area contributed by atoms with E-state index in [0.717, 1.165) is 18.0 Å². The fourth-order valence-corrected chi connectivity index (χ4v) is 2.43. The average molecular weight is 234 g/mol. The van der Waals surface area contributed by atoms with E-state index in [9.17, 15) is 0 Å². The van der Waals surface area contributed by atoms with Gasteiger partial charge in [0.05, 0.1) is 6.10 Å². The SMILES string of the molecule is CC(C)Oc1cc(N)cc(N2CCCC2C)c1. The first-order valence-electron chi connectivity index (χ1n) is 6.40. The fraction of sp³-hybridized carbons (Fsp3) is 0.571. The van der Waals surface area contributed by atoms with Gasteiger partial charge in [-0.25, -0.2) is 0 Å². The van der Waals surface area contributed by atoms with Gasteiger partial charge < -0.3 is 15.4 Å². The predicted octanol–water partition coefficient (Wildman–Crippen LogP) is 3.04. The van der Waals surface area contributed by atoms with E-state index in [-0.39, 0.29) is 6.10 Å². The van der Waals surface area contributed by atoms with E-state index in [1.54, 1.807) is 0 Å². The second kappa shape index (κ2) is 4.86. The minimum Gasteiger partial charge on any atom is -0.491 e. The van der Waals surface area contributed by atoms with E-state index >= 15 is 0 Å². The van der Waals surface area contributed by atoms with E-state index < -0.39 is 0 Å². The molecular formula is C14H22N2O. The molecule has 3 nitrogen and oxygen atoms in total. The molecule has 17 heavy (non-hydrogen) atoms. The van der Waals surface area contributed by atoms with Gasteiger partial charge in [0.2, 0.25) is 0 Å². The van der Waals surface area contributed by atoms with Gasteiger partial charge in [-0.3, -0.25) is 0 Å². The number of nitrogens with two attached hydrogens (primary N) is 1. The van der Waals surface area contributed by atoms with Gasteiger partial charge in [-0.05, 0) is 39.7 Å². The monoisotopic (exact) mass is 234 g/mol. The summed E-state index contributed by atoms with van der Waals surface area (Å²) in [6.07, 6.45) is 2.70. The van der Waals surface area contributed by atoms with Crippen LogP contribution in [0.4, 0.5) is 11.4 Å². The summed E-state index contributed by atoms with van der Waals surface area (Å²) in [4.78, 5) is 2.41. The first kappa shape index (κ1) is 12.1. The molecule has 0 spiro atoms. The maximum Gasteiger partial charge on any atom is 0.123 e. The zero-order valence-electron chi connectivity index (χ0n) is 10.9. The molecule has 1 aromatic carbocycles. The summed E-state index contributed by atoms with van der Waals surface area (Å²) in [5.41, 5.74) is 7.90. The number of anilines is 2. The largest absolute Gasteiger partial charge is 0.491 e. The van der Waals surface area contributed by atoms with Gasteiger partial charge in [-0.15, -0.1) is 0 Å². The third kappa shape index (κ3) is 2.84. The lowest BCUT2D eigenvalue weighted by atomic mass is 10.2. The molecule has 3 heteroatoms. The van der Waals surface area contributed by atoms with Crippen molar-refractivity contribution in [3.8, 4) is 5.75 Å². The Morgan fingerprint density at radius 1 is 1.35 bits per heavy atom. The number of rotatable bonds is 3. The molecular weight excluding hydrogens is 212 g/mol. The summed E-state index contributed by atoms with van der Waals surface area (Å²) in [6.45, 7) is 7.44. The Morgan fingerprint density at radius 2 is 2.12 bits per heavy atom. The quantitative estimate of drug-likeness (QED) is 0.817. The summed E-state index contributed by atoms with van der Waals surface area (Å²) in [5, 5.41) is 0. The molecule has 0 bridgehead atoms. The van der Waals surface area contributed by atoms with Crippen molar-refractivity contribution < 1.29 is 4.74 Å². The summed E-state index contributed by atoms with van der Waals surface area (Å²) in [5.74, 6) is 0.870. The Morgan fingerprint density at radius 3 is 2.71 bits per heavy atom. The molecule has 0 radical (unpaired) electrons. The van der Waals surface area contributed by atoms with Gasteiger partial charge in [-0.1, -0.05) is 0 Å². The number of ether oxygens (including phenoxy) is 1. The number of benzene rings is 1. The van der Waals surface area contributed by atoms with Crippen LogP contribution in [-0.2, 0) is 0 Å². The highest BCUT2D eigenvalue weighted by molar-refractivity contribution is 5.61. The molecule has 1 fully saturated rings. The summed E-state index contributed by atoms with van der Waals surface area (Å²) < 4.78 is 5.72. The lowest BCUT2D eigenvalue weighted by Crippen LogP contribution is -2.26. The molecule has 1 unspecified atom stereocenters. The first-order valence-corrected chi connectivity index (χ1v) is 6.40. The Labute approximate surface area is 104 Å². The maximum atomic E-state index is 5.94. The normalized spacial score (nSPS) is 20.0. The molecule has 0 aromatic heterocycles. The van der Waals surface area contributed by atoms with Crippen molar-refractivity contribution in [2.24, 2.45) is 0 Å². The van der Waals surface area contributed by atoms with Crippen LogP contribution in [0.2, 0.25) is 0 Å². The van der Waals surface area contributed by atoms with E-state index in [1.165, 1.54) is 18.5 Å². The Balaban J connectivity index is 2.24. The molecule has 1 heterocycles. The van der Waals surface area contributed by atoms with Crippen LogP contribution in [0.25, 0.3) is 0 Å². The van der Waals surface area contributed by atoms with Crippen LogP contribution in [0.5, 0.6) is 5.75 Å². The third-order valence-corrected chi connectivity index (χ3v) is 3.17. The third-order valence-electron chi connectivity index (χ3n) is 3.17. The molecule has 2 N–H and O–H groups in total. The lowest BCUT2D eigenvalue weighted by Gasteiger charge is -2.25. The van der Waals surface area contributed by atoms with Crippen LogP contribution in [0.15, 0.2) is 18.2 Å². The smallest absolute Gasteiger partial charge is 0.123 e. The highest BCUT2D eigenvalue weighted by Gasteiger charge is 2.21. The van der Waals surface area contributed by atoms with Crippen molar-refractivity contribution in [1.29, 1.82) is 0 Å². The van der Waals surface area contributed by atoms with Crippen LogP contribution in [0.1, 0.15) is 33.6 Å². The minimum absolute atomic E-state index is 0.181. The Hall–Kier alpha value is -1.38. The van der Waals surface area contributed by atoms with Crippen molar-refractivity contribution in [1.82, 2.24) is 0 Å². The maximum absolute atomic E-state index is 5.94. The molecule has 0 saturated carbocycles. The topological polar surface area (TPSA) is 38.5 Å². The second-order valence-corrected chi connectivity index (χ2v) is 5.11.